The van der Waals surface area contributed by atoms with E-state index in [4.69, 9.17) is 9.26 Å². The normalized spacial score (nSPS) is 20.4. The minimum Gasteiger partial charge on any atom is -0.366 e. The molecular formula is C15H19N3O3. The van der Waals surface area contributed by atoms with Gasteiger partial charge in [0, 0.05) is 18.5 Å². The molecule has 0 radical (unpaired) electrons. The first kappa shape index (κ1) is 14.0. The largest absolute Gasteiger partial charge is 0.366 e. The molecule has 6 nitrogen and oxygen atoms in total. The zero-order valence-corrected chi connectivity index (χ0v) is 12.2. The Bertz CT molecular complexity index is 647. The van der Waals surface area contributed by atoms with Crippen molar-refractivity contribution in [2.45, 2.75) is 26.0 Å². The molecule has 1 aromatic carbocycles. The molecule has 1 unspecified atom stereocenters. The Kier molecular flexibility index (Phi) is 3.90. The van der Waals surface area contributed by atoms with Gasteiger partial charge in [-0.05, 0) is 25.5 Å². The van der Waals surface area contributed by atoms with Gasteiger partial charge in [-0.2, -0.15) is 0 Å². The van der Waals surface area contributed by atoms with Crippen LogP contribution in [0.3, 0.4) is 0 Å². The van der Waals surface area contributed by atoms with Crippen LogP contribution in [-0.4, -0.2) is 36.9 Å². The Morgan fingerprint density at radius 3 is 3.14 bits per heavy atom. The Morgan fingerprint density at radius 2 is 2.38 bits per heavy atom. The van der Waals surface area contributed by atoms with E-state index in [0.29, 0.717) is 13.2 Å². The third-order valence-corrected chi connectivity index (χ3v) is 3.71. The third-order valence-electron chi connectivity index (χ3n) is 3.71. The average molecular weight is 289 g/mol. The maximum Gasteiger partial charge on any atom is 0.250 e. The molecule has 1 fully saturated rings. The van der Waals surface area contributed by atoms with Crippen molar-refractivity contribution in [1.82, 2.24) is 15.8 Å². The number of hydrogen-bond donors (Lipinski definition) is 2. The van der Waals surface area contributed by atoms with Crippen molar-refractivity contribution in [3.05, 3.63) is 29.5 Å². The lowest BCUT2D eigenvalue weighted by Gasteiger charge is -2.24. The van der Waals surface area contributed by atoms with Gasteiger partial charge in [0.25, 0.3) is 5.91 Å². The minimum absolute atomic E-state index is 0.126. The minimum atomic E-state index is -0.443. The summed E-state index contributed by atoms with van der Waals surface area (Å²) in [6.07, 6.45) is -0.443. The second-order valence-corrected chi connectivity index (χ2v) is 5.31. The van der Waals surface area contributed by atoms with Crippen LogP contribution in [0.5, 0.6) is 0 Å². The molecule has 2 N–H and O–H groups in total. The zero-order valence-electron chi connectivity index (χ0n) is 12.2. The molecule has 21 heavy (non-hydrogen) atoms. The Morgan fingerprint density at radius 1 is 1.52 bits per heavy atom. The molecule has 1 aromatic heterocycles. The highest BCUT2D eigenvalue weighted by molar-refractivity contribution is 5.85. The number of rotatable bonds is 3. The monoisotopic (exact) mass is 289 g/mol. The molecule has 2 aromatic rings. The number of para-hydroxylation sites is 1. The molecule has 0 bridgehead atoms. The Balaban J connectivity index is 1.76. The van der Waals surface area contributed by atoms with Gasteiger partial charge in [-0.3, -0.25) is 4.79 Å². The summed E-state index contributed by atoms with van der Waals surface area (Å²) < 4.78 is 10.8. The third kappa shape index (κ3) is 2.77. The van der Waals surface area contributed by atoms with Crippen molar-refractivity contribution in [3.63, 3.8) is 0 Å². The predicted molar refractivity (Wildman–Crippen MR) is 77.9 cm³/mol. The number of fused-ring (bicyclic) bond motifs is 1. The van der Waals surface area contributed by atoms with E-state index in [-0.39, 0.29) is 11.9 Å². The maximum absolute atomic E-state index is 12.2. The molecule has 1 amide bonds. The van der Waals surface area contributed by atoms with E-state index in [1.54, 1.807) is 0 Å². The molecule has 0 aliphatic carbocycles. The van der Waals surface area contributed by atoms with Crippen LogP contribution in [0.2, 0.25) is 0 Å². The first-order valence-corrected chi connectivity index (χ1v) is 7.14. The van der Waals surface area contributed by atoms with Crippen molar-refractivity contribution in [2.24, 2.45) is 0 Å². The molecule has 1 saturated heterocycles. The number of amides is 1. The van der Waals surface area contributed by atoms with E-state index < -0.39 is 6.10 Å². The number of nitrogens with one attached hydrogen (secondary N) is 2. The van der Waals surface area contributed by atoms with Crippen LogP contribution in [0, 0.1) is 6.92 Å². The summed E-state index contributed by atoms with van der Waals surface area (Å²) in [5.41, 5.74) is 2.54. The lowest BCUT2D eigenvalue weighted by atomic mass is 10.1. The van der Waals surface area contributed by atoms with Gasteiger partial charge in [0.2, 0.25) is 0 Å². The fourth-order valence-electron chi connectivity index (χ4n) is 2.54. The van der Waals surface area contributed by atoms with E-state index in [9.17, 15) is 4.79 Å². The summed E-state index contributed by atoms with van der Waals surface area (Å²) in [6.45, 7) is 5.75. The van der Waals surface area contributed by atoms with E-state index in [2.05, 4.69) is 15.8 Å². The number of carbonyl (C=O) groups excluding carboxylic acids is 1. The SMILES string of the molecule is Cc1cccc2c(C(C)NC(=O)[C@@H]3CNCCO3)noc12. The molecule has 6 heteroatoms. The molecule has 2 atom stereocenters. The van der Waals surface area contributed by atoms with Crippen LogP contribution in [0.15, 0.2) is 22.7 Å². The number of hydrogen-bond acceptors (Lipinski definition) is 5. The standard InChI is InChI=1S/C15H19N3O3/c1-9-4-3-5-11-13(18-21-14(9)11)10(2)17-15(19)12-8-16-6-7-20-12/h3-5,10,12,16H,6-8H2,1-2H3,(H,17,19)/t10?,12-/m0/s1. The second kappa shape index (κ2) is 5.83. The summed E-state index contributed by atoms with van der Waals surface area (Å²) in [7, 11) is 0. The number of aryl methyl sites for hydroxylation is 1. The summed E-state index contributed by atoms with van der Waals surface area (Å²) in [4.78, 5) is 12.2. The van der Waals surface area contributed by atoms with Gasteiger partial charge < -0.3 is 19.9 Å². The van der Waals surface area contributed by atoms with Gasteiger partial charge in [-0.1, -0.05) is 17.3 Å². The van der Waals surface area contributed by atoms with Gasteiger partial charge in [0.05, 0.1) is 12.6 Å². The number of nitrogens with zero attached hydrogens (tertiary/aromatic N) is 1. The quantitative estimate of drug-likeness (QED) is 0.890. The number of ether oxygens (including phenoxy) is 1. The van der Waals surface area contributed by atoms with E-state index in [1.165, 1.54) is 0 Å². The van der Waals surface area contributed by atoms with E-state index in [1.807, 2.05) is 32.0 Å². The van der Waals surface area contributed by atoms with Gasteiger partial charge in [-0.25, -0.2) is 0 Å². The summed E-state index contributed by atoms with van der Waals surface area (Å²) in [6, 6.07) is 5.66. The van der Waals surface area contributed by atoms with Crippen molar-refractivity contribution in [3.8, 4) is 0 Å². The van der Waals surface area contributed by atoms with E-state index in [0.717, 1.165) is 28.8 Å². The number of morpholine rings is 1. The molecule has 0 saturated carbocycles. The Labute approximate surface area is 122 Å². The fraction of sp³-hybridized carbons (Fsp3) is 0.467. The van der Waals surface area contributed by atoms with Gasteiger partial charge in [-0.15, -0.1) is 0 Å². The van der Waals surface area contributed by atoms with Crippen LogP contribution in [0.1, 0.15) is 24.2 Å². The molecule has 3 rings (SSSR count). The molecular weight excluding hydrogens is 270 g/mol. The summed E-state index contributed by atoms with van der Waals surface area (Å²) in [5.74, 6) is -0.126. The van der Waals surface area contributed by atoms with Crippen LogP contribution < -0.4 is 10.6 Å². The van der Waals surface area contributed by atoms with Gasteiger partial charge in [0.15, 0.2) is 5.58 Å². The topological polar surface area (TPSA) is 76.4 Å². The van der Waals surface area contributed by atoms with Crippen LogP contribution >= 0.6 is 0 Å². The first-order chi connectivity index (χ1) is 10.2. The van der Waals surface area contributed by atoms with E-state index >= 15 is 0 Å². The zero-order chi connectivity index (χ0) is 14.8. The number of aromatic nitrogens is 1. The van der Waals surface area contributed by atoms with Crippen LogP contribution in [-0.2, 0) is 9.53 Å². The average Bonchev–Trinajstić information content (AvgIpc) is 2.93. The summed E-state index contributed by atoms with van der Waals surface area (Å²) in [5, 5.41) is 11.1. The summed E-state index contributed by atoms with van der Waals surface area (Å²) >= 11 is 0. The van der Waals surface area contributed by atoms with Gasteiger partial charge in [0.1, 0.15) is 11.8 Å². The number of benzene rings is 1. The first-order valence-electron chi connectivity index (χ1n) is 7.14. The van der Waals surface area contributed by atoms with Crippen molar-refractivity contribution >= 4 is 16.9 Å². The maximum atomic E-state index is 12.2. The van der Waals surface area contributed by atoms with Gasteiger partial charge >= 0.3 is 0 Å². The highest BCUT2D eigenvalue weighted by Crippen LogP contribution is 2.25. The fourth-order valence-corrected chi connectivity index (χ4v) is 2.54. The van der Waals surface area contributed by atoms with Crippen molar-refractivity contribution in [1.29, 1.82) is 0 Å². The van der Waals surface area contributed by atoms with Crippen molar-refractivity contribution in [2.75, 3.05) is 19.7 Å². The molecule has 1 aliphatic heterocycles. The molecule has 2 heterocycles. The predicted octanol–water partition coefficient (Wildman–Crippen LogP) is 1.30. The Hall–Kier alpha value is -1.92. The second-order valence-electron chi connectivity index (χ2n) is 5.31. The highest BCUT2D eigenvalue weighted by atomic mass is 16.5. The van der Waals surface area contributed by atoms with Crippen LogP contribution in [0.4, 0.5) is 0 Å². The van der Waals surface area contributed by atoms with Crippen molar-refractivity contribution < 1.29 is 14.1 Å². The number of carbonyl (C=O) groups is 1. The smallest absolute Gasteiger partial charge is 0.250 e. The molecule has 112 valence electrons. The lowest BCUT2D eigenvalue weighted by molar-refractivity contribution is -0.134. The lowest BCUT2D eigenvalue weighted by Crippen LogP contribution is -2.48. The van der Waals surface area contributed by atoms with Crippen LogP contribution in [0.25, 0.3) is 11.0 Å². The highest BCUT2D eigenvalue weighted by Gasteiger charge is 2.25. The molecule has 0 spiro atoms. The molecule has 1 aliphatic rings.